The number of benzene rings is 1. The van der Waals surface area contributed by atoms with Crippen LogP contribution < -0.4 is 10.2 Å². The lowest BCUT2D eigenvalue weighted by Crippen LogP contribution is -2.35. The Hall–Kier alpha value is -2.10. The first-order valence-electron chi connectivity index (χ1n) is 9.21. The number of aromatic nitrogens is 2. The molecule has 1 saturated heterocycles. The van der Waals surface area contributed by atoms with E-state index in [2.05, 4.69) is 57.4 Å². The summed E-state index contributed by atoms with van der Waals surface area (Å²) in [5.41, 5.74) is 1.46. The second-order valence-electron chi connectivity index (χ2n) is 6.64. The van der Waals surface area contributed by atoms with E-state index in [4.69, 9.17) is 0 Å². The lowest BCUT2D eigenvalue weighted by molar-refractivity contribution is 0.402. The van der Waals surface area contributed by atoms with Crippen LogP contribution >= 0.6 is 0 Å². The molecule has 1 aromatic carbocycles. The third-order valence-corrected chi connectivity index (χ3v) is 4.76. The van der Waals surface area contributed by atoms with E-state index in [0.717, 1.165) is 43.7 Å². The van der Waals surface area contributed by atoms with Gasteiger partial charge in [-0.15, -0.1) is 0 Å². The number of piperidine rings is 1. The first-order chi connectivity index (χ1) is 11.8. The molecule has 0 spiro atoms. The number of anilines is 2. The molecule has 1 aliphatic rings. The Morgan fingerprint density at radius 2 is 1.92 bits per heavy atom. The molecule has 0 aliphatic carbocycles. The number of rotatable bonds is 7. The van der Waals surface area contributed by atoms with Gasteiger partial charge in [0, 0.05) is 25.8 Å². The topological polar surface area (TPSA) is 41.1 Å². The number of unbranched alkanes of at least 4 members (excludes halogenated alkanes) is 1. The minimum atomic E-state index is 0.757. The first-order valence-corrected chi connectivity index (χ1v) is 9.21. The fourth-order valence-electron chi connectivity index (χ4n) is 3.30. The molecule has 0 amide bonds. The minimum absolute atomic E-state index is 0.757. The summed E-state index contributed by atoms with van der Waals surface area (Å²) in [7, 11) is 0. The molecule has 0 bridgehead atoms. The molecule has 2 heterocycles. The number of hydrogen-bond acceptors (Lipinski definition) is 4. The molecule has 3 rings (SSSR count). The third kappa shape index (κ3) is 4.70. The molecule has 4 heteroatoms. The van der Waals surface area contributed by atoms with Gasteiger partial charge in [0.2, 0.25) is 5.95 Å². The van der Waals surface area contributed by atoms with Gasteiger partial charge in [-0.25, -0.2) is 4.98 Å². The Bertz CT molecular complexity index is 606. The van der Waals surface area contributed by atoms with E-state index in [1.165, 1.54) is 31.2 Å². The van der Waals surface area contributed by atoms with Crippen molar-refractivity contribution in [1.82, 2.24) is 9.97 Å². The SMILES string of the molecule is CCCCNc1nccc(N2CCC(Cc3ccccc3)CC2)n1. The highest BCUT2D eigenvalue weighted by Gasteiger charge is 2.20. The van der Waals surface area contributed by atoms with Crippen LogP contribution in [0.2, 0.25) is 0 Å². The predicted molar refractivity (Wildman–Crippen MR) is 101 cm³/mol. The van der Waals surface area contributed by atoms with Gasteiger partial charge in [-0.3, -0.25) is 0 Å². The average Bonchev–Trinajstić information content (AvgIpc) is 2.64. The quantitative estimate of drug-likeness (QED) is 0.777. The number of nitrogens with one attached hydrogen (secondary N) is 1. The van der Waals surface area contributed by atoms with Crippen molar-refractivity contribution in [3.8, 4) is 0 Å². The molecule has 0 atom stereocenters. The Morgan fingerprint density at radius 1 is 1.12 bits per heavy atom. The Balaban J connectivity index is 1.52. The van der Waals surface area contributed by atoms with Crippen LogP contribution in [0.4, 0.5) is 11.8 Å². The van der Waals surface area contributed by atoms with Gasteiger partial charge in [-0.05, 0) is 43.2 Å². The zero-order valence-corrected chi connectivity index (χ0v) is 14.6. The second-order valence-corrected chi connectivity index (χ2v) is 6.64. The second kappa shape index (κ2) is 8.67. The van der Waals surface area contributed by atoms with Crippen molar-refractivity contribution in [3.63, 3.8) is 0 Å². The van der Waals surface area contributed by atoms with Gasteiger partial charge in [0.1, 0.15) is 5.82 Å². The van der Waals surface area contributed by atoms with Crippen molar-refractivity contribution in [2.45, 2.75) is 39.0 Å². The van der Waals surface area contributed by atoms with Crippen LogP contribution in [0.1, 0.15) is 38.2 Å². The molecule has 0 saturated carbocycles. The fraction of sp³-hybridized carbons (Fsp3) is 0.500. The highest BCUT2D eigenvalue weighted by atomic mass is 15.2. The summed E-state index contributed by atoms with van der Waals surface area (Å²) in [6.45, 7) is 5.31. The molecular weight excluding hydrogens is 296 g/mol. The van der Waals surface area contributed by atoms with Crippen LogP contribution in [0.3, 0.4) is 0 Å². The third-order valence-electron chi connectivity index (χ3n) is 4.76. The van der Waals surface area contributed by atoms with E-state index in [9.17, 15) is 0 Å². The molecule has 1 N–H and O–H groups in total. The Morgan fingerprint density at radius 3 is 2.67 bits per heavy atom. The first kappa shape index (κ1) is 16.7. The van der Waals surface area contributed by atoms with Crippen LogP contribution in [-0.2, 0) is 6.42 Å². The molecule has 0 unspecified atom stereocenters. The summed E-state index contributed by atoms with van der Waals surface area (Å²) >= 11 is 0. The van der Waals surface area contributed by atoms with Crippen LogP contribution in [0.25, 0.3) is 0 Å². The van der Waals surface area contributed by atoms with E-state index in [1.54, 1.807) is 0 Å². The summed E-state index contributed by atoms with van der Waals surface area (Å²) in [5, 5.41) is 3.32. The van der Waals surface area contributed by atoms with Crippen molar-refractivity contribution in [2.75, 3.05) is 29.9 Å². The van der Waals surface area contributed by atoms with Crippen molar-refractivity contribution < 1.29 is 0 Å². The summed E-state index contributed by atoms with van der Waals surface area (Å²) in [6.07, 6.45) is 7.87. The molecule has 1 aliphatic heterocycles. The monoisotopic (exact) mass is 324 g/mol. The molecule has 4 nitrogen and oxygen atoms in total. The van der Waals surface area contributed by atoms with E-state index < -0.39 is 0 Å². The van der Waals surface area contributed by atoms with Gasteiger partial charge in [-0.1, -0.05) is 43.7 Å². The van der Waals surface area contributed by atoms with E-state index in [0.29, 0.717) is 0 Å². The van der Waals surface area contributed by atoms with E-state index >= 15 is 0 Å². The average molecular weight is 324 g/mol. The number of nitrogens with zero attached hydrogens (tertiary/aromatic N) is 3. The van der Waals surface area contributed by atoms with Crippen molar-refractivity contribution in [2.24, 2.45) is 5.92 Å². The molecule has 1 aromatic heterocycles. The largest absolute Gasteiger partial charge is 0.356 e. The maximum absolute atomic E-state index is 4.68. The van der Waals surface area contributed by atoms with Crippen LogP contribution in [0.5, 0.6) is 0 Å². The van der Waals surface area contributed by atoms with E-state index in [1.807, 2.05) is 12.3 Å². The van der Waals surface area contributed by atoms with Crippen LogP contribution in [-0.4, -0.2) is 29.6 Å². The maximum Gasteiger partial charge on any atom is 0.224 e. The zero-order valence-electron chi connectivity index (χ0n) is 14.6. The standard InChI is InChI=1S/C20H28N4/c1-2-3-12-21-20-22-13-9-19(23-20)24-14-10-18(11-15-24)16-17-7-5-4-6-8-17/h4-9,13,18H,2-3,10-12,14-16H2,1H3,(H,21,22,23). The number of hydrogen-bond donors (Lipinski definition) is 1. The minimum Gasteiger partial charge on any atom is -0.356 e. The van der Waals surface area contributed by atoms with Crippen molar-refractivity contribution >= 4 is 11.8 Å². The zero-order chi connectivity index (χ0) is 16.6. The van der Waals surface area contributed by atoms with Crippen molar-refractivity contribution in [3.05, 3.63) is 48.2 Å². The molecule has 0 radical (unpaired) electrons. The molecule has 128 valence electrons. The van der Waals surface area contributed by atoms with Gasteiger partial charge >= 0.3 is 0 Å². The summed E-state index contributed by atoms with van der Waals surface area (Å²) in [6, 6.07) is 12.9. The van der Waals surface area contributed by atoms with Gasteiger partial charge in [0.05, 0.1) is 0 Å². The molecule has 24 heavy (non-hydrogen) atoms. The fourth-order valence-corrected chi connectivity index (χ4v) is 3.30. The van der Waals surface area contributed by atoms with Crippen LogP contribution in [0.15, 0.2) is 42.6 Å². The normalized spacial score (nSPS) is 15.5. The molecule has 1 fully saturated rings. The van der Waals surface area contributed by atoms with Crippen molar-refractivity contribution in [1.29, 1.82) is 0 Å². The lowest BCUT2D eigenvalue weighted by atomic mass is 9.90. The summed E-state index contributed by atoms with van der Waals surface area (Å²) in [5.74, 6) is 2.60. The Labute approximate surface area is 145 Å². The maximum atomic E-state index is 4.68. The van der Waals surface area contributed by atoms with Crippen LogP contribution in [0, 0.1) is 5.92 Å². The smallest absolute Gasteiger partial charge is 0.224 e. The predicted octanol–water partition coefficient (Wildman–Crippen LogP) is 4.15. The van der Waals surface area contributed by atoms with Gasteiger partial charge in [0.15, 0.2) is 0 Å². The lowest BCUT2D eigenvalue weighted by Gasteiger charge is -2.33. The molecular formula is C20H28N4. The van der Waals surface area contributed by atoms with E-state index in [-0.39, 0.29) is 0 Å². The molecule has 2 aromatic rings. The summed E-state index contributed by atoms with van der Waals surface area (Å²) in [4.78, 5) is 11.4. The summed E-state index contributed by atoms with van der Waals surface area (Å²) < 4.78 is 0. The van der Waals surface area contributed by atoms with Gasteiger partial charge < -0.3 is 10.2 Å². The highest BCUT2D eigenvalue weighted by Crippen LogP contribution is 2.25. The highest BCUT2D eigenvalue weighted by molar-refractivity contribution is 5.42. The Kier molecular flexibility index (Phi) is 6.05. The van der Waals surface area contributed by atoms with Gasteiger partial charge in [0.25, 0.3) is 0 Å². The van der Waals surface area contributed by atoms with Gasteiger partial charge in [-0.2, -0.15) is 4.98 Å².